The lowest BCUT2D eigenvalue weighted by molar-refractivity contribution is -0.139. The largest absolute Gasteiger partial charge is 0.349 e. The molecule has 9 heteroatoms. The van der Waals surface area contributed by atoms with Crippen molar-refractivity contribution in [3.8, 4) is 5.69 Å². The van der Waals surface area contributed by atoms with Crippen molar-refractivity contribution in [3.63, 3.8) is 0 Å². The molecule has 34 heavy (non-hydrogen) atoms. The number of aromatic nitrogens is 1. The Labute approximate surface area is 197 Å². The summed E-state index contributed by atoms with van der Waals surface area (Å²) in [5.41, 5.74) is 2.43. The van der Waals surface area contributed by atoms with E-state index in [1.807, 2.05) is 41.1 Å². The highest BCUT2D eigenvalue weighted by atomic mass is 19.3. The molecule has 180 valence electrons. The minimum Gasteiger partial charge on any atom is -0.349 e. The number of carbonyl (C=O) groups excluding carboxylic acids is 2. The van der Waals surface area contributed by atoms with Crippen molar-refractivity contribution in [1.82, 2.24) is 20.1 Å². The van der Waals surface area contributed by atoms with Crippen LogP contribution >= 0.6 is 0 Å². The zero-order valence-electron chi connectivity index (χ0n) is 19.0. The van der Waals surface area contributed by atoms with E-state index >= 15 is 0 Å². The monoisotopic (exact) mass is 469 g/mol. The topological polar surface area (TPSA) is 78.7 Å². The van der Waals surface area contributed by atoms with Gasteiger partial charge in [0.15, 0.2) is 0 Å². The molecular formula is C25H29F2N5O2. The summed E-state index contributed by atoms with van der Waals surface area (Å²) in [4.78, 5) is 31.5. The van der Waals surface area contributed by atoms with E-state index in [0.717, 1.165) is 43.0 Å². The number of alkyl halides is 2. The maximum Gasteiger partial charge on any atom is 0.251 e. The van der Waals surface area contributed by atoms with Crippen molar-refractivity contribution in [1.29, 1.82) is 0 Å². The van der Waals surface area contributed by atoms with Gasteiger partial charge in [0.05, 0.1) is 5.92 Å². The Kier molecular flexibility index (Phi) is 6.20. The van der Waals surface area contributed by atoms with Gasteiger partial charge in [0.25, 0.3) is 11.8 Å². The second-order valence-corrected chi connectivity index (χ2v) is 9.35. The average Bonchev–Trinajstić information content (AvgIpc) is 3.28. The molecule has 0 aliphatic carbocycles. The number of hydrogen-bond donors (Lipinski definition) is 2. The summed E-state index contributed by atoms with van der Waals surface area (Å²) in [6.07, 6.45) is 5.34. The highest BCUT2D eigenvalue weighted by Crippen LogP contribution is 2.33. The number of halogens is 2. The maximum absolute atomic E-state index is 13.4. The van der Waals surface area contributed by atoms with Gasteiger partial charge in [-0.3, -0.25) is 9.59 Å². The summed E-state index contributed by atoms with van der Waals surface area (Å²) < 4.78 is 28.8. The number of nitrogens with zero attached hydrogens (tertiary/aromatic N) is 3. The van der Waals surface area contributed by atoms with Gasteiger partial charge >= 0.3 is 0 Å². The number of fused-ring (bicyclic) bond motifs is 1. The molecule has 1 aromatic heterocycles. The molecule has 3 aliphatic rings. The lowest BCUT2D eigenvalue weighted by Crippen LogP contribution is -2.46. The van der Waals surface area contributed by atoms with Gasteiger partial charge in [-0.1, -0.05) is 0 Å². The van der Waals surface area contributed by atoms with Gasteiger partial charge in [-0.25, -0.2) is 13.8 Å². The van der Waals surface area contributed by atoms with Crippen molar-refractivity contribution in [2.45, 2.75) is 44.1 Å². The Morgan fingerprint density at radius 1 is 1.06 bits per heavy atom. The second-order valence-electron chi connectivity index (χ2n) is 9.35. The number of hydrogen-bond acceptors (Lipinski definition) is 4. The number of rotatable bonds is 4. The molecular weight excluding hydrogens is 440 g/mol. The molecule has 1 atom stereocenters. The van der Waals surface area contributed by atoms with Crippen LogP contribution in [-0.2, 0) is 11.2 Å². The maximum atomic E-state index is 13.4. The molecule has 5 rings (SSSR count). The number of amides is 2. The van der Waals surface area contributed by atoms with Crippen LogP contribution in [0.3, 0.4) is 0 Å². The fourth-order valence-electron chi connectivity index (χ4n) is 4.88. The normalized spacial score (nSPS) is 22.3. The van der Waals surface area contributed by atoms with Crippen molar-refractivity contribution < 1.29 is 18.4 Å². The summed E-state index contributed by atoms with van der Waals surface area (Å²) in [7, 11) is 0. The Balaban J connectivity index is 1.24. The van der Waals surface area contributed by atoms with Crippen LogP contribution in [0.2, 0.25) is 0 Å². The minimum atomic E-state index is -2.68. The molecule has 4 heterocycles. The summed E-state index contributed by atoms with van der Waals surface area (Å²) >= 11 is 0. The fourth-order valence-corrected chi connectivity index (χ4v) is 4.88. The Hall–Kier alpha value is -3.07. The van der Waals surface area contributed by atoms with Crippen LogP contribution in [0, 0.1) is 5.92 Å². The number of carbonyl (C=O) groups is 2. The van der Waals surface area contributed by atoms with E-state index in [9.17, 15) is 18.4 Å². The van der Waals surface area contributed by atoms with E-state index in [1.165, 1.54) is 4.90 Å². The number of nitrogens with one attached hydrogen (secondary N) is 2. The van der Waals surface area contributed by atoms with Crippen molar-refractivity contribution in [2.24, 2.45) is 10.9 Å². The van der Waals surface area contributed by atoms with Gasteiger partial charge in [0.1, 0.15) is 5.82 Å². The zero-order valence-corrected chi connectivity index (χ0v) is 19.0. The number of likely N-dealkylation sites (tertiary alicyclic amines) is 1. The first-order valence-electron chi connectivity index (χ1n) is 11.9. The Morgan fingerprint density at radius 3 is 2.47 bits per heavy atom. The third-order valence-electron chi connectivity index (χ3n) is 6.96. The van der Waals surface area contributed by atoms with E-state index in [1.54, 1.807) is 6.21 Å². The molecule has 2 fully saturated rings. The van der Waals surface area contributed by atoms with E-state index in [4.69, 9.17) is 0 Å². The Morgan fingerprint density at radius 2 is 1.76 bits per heavy atom. The van der Waals surface area contributed by atoms with Crippen LogP contribution in [0.15, 0.2) is 41.5 Å². The predicted octanol–water partition coefficient (Wildman–Crippen LogP) is 3.09. The van der Waals surface area contributed by atoms with Crippen LogP contribution in [0.4, 0.5) is 14.6 Å². The highest BCUT2D eigenvalue weighted by molar-refractivity contribution is 5.96. The van der Waals surface area contributed by atoms with E-state index < -0.39 is 11.8 Å². The number of benzene rings is 1. The molecule has 0 saturated carbocycles. The summed E-state index contributed by atoms with van der Waals surface area (Å²) in [5, 5.41) is 6.39. The molecule has 2 N–H and O–H groups in total. The van der Waals surface area contributed by atoms with Crippen molar-refractivity contribution >= 4 is 23.8 Å². The van der Waals surface area contributed by atoms with Gasteiger partial charge in [-0.05, 0) is 68.2 Å². The van der Waals surface area contributed by atoms with Crippen LogP contribution in [0.1, 0.15) is 41.6 Å². The molecule has 2 saturated heterocycles. The summed E-state index contributed by atoms with van der Waals surface area (Å²) in [6, 6.07) is 9.54. The first-order valence-corrected chi connectivity index (χ1v) is 11.9. The van der Waals surface area contributed by atoms with E-state index in [2.05, 4.69) is 15.6 Å². The van der Waals surface area contributed by atoms with Gasteiger partial charge in [0.2, 0.25) is 5.91 Å². The smallest absolute Gasteiger partial charge is 0.251 e. The summed E-state index contributed by atoms with van der Waals surface area (Å²) in [6.45, 7) is 2.01. The third-order valence-corrected chi connectivity index (χ3v) is 6.96. The number of piperidine rings is 2. The quantitative estimate of drug-likeness (QED) is 0.723. The zero-order chi connectivity index (χ0) is 23.7. The standard InChI is InChI=1S/C25H29F2N5O2/c26-25(27)8-13-31(14-9-25)24(34)19-15-18-7-12-32(22(18)29-16-19)21-3-1-17(2-4-21)23(33)30-20-5-10-28-11-6-20/h1-4,7,12,16,19-20,28H,5-6,8-11,13-15H2,(H,30,33). The number of aliphatic imine (C=N–C) groups is 1. The Bertz CT molecular complexity index is 1080. The lowest BCUT2D eigenvalue weighted by Gasteiger charge is -2.33. The molecule has 1 unspecified atom stereocenters. The molecule has 2 amide bonds. The SMILES string of the molecule is O=C(NC1CCNCC1)c1ccc(-n2ccc3c2N=CC(C(=O)N2CCC(F)(F)CC2)C3)cc1. The van der Waals surface area contributed by atoms with Gasteiger partial charge in [0, 0.05) is 55.6 Å². The van der Waals surface area contributed by atoms with Crippen molar-refractivity contribution in [3.05, 3.63) is 47.7 Å². The fraction of sp³-hybridized carbons (Fsp3) is 0.480. The molecule has 0 bridgehead atoms. The molecule has 7 nitrogen and oxygen atoms in total. The molecule has 0 radical (unpaired) electrons. The van der Waals surface area contributed by atoms with Gasteiger partial charge in [-0.15, -0.1) is 0 Å². The molecule has 1 aromatic carbocycles. The molecule has 0 spiro atoms. The lowest BCUT2D eigenvalue weighted by atomic mass is 9.96. The minimum absolute atomic E-state index is 0.0668. The van der Waals surface area contributed by atoms with Gasteiger partial charge < -0.3 is 20.1 Å². The first kappa shape index (κ1) is 22.7. The van der Waals surface area contributed by atoms with E-state index in [-0.39, 0.29) is 43.8 Å². The second kappa shape index (κ2) is 9.29. The predicted molar refractivity (Wildman–Crippen MR) is 125 cm³/mol. The third kappa shape index (κ3) is 4.75. The van der Waals surface area contributed by atoms with E-state index in [0.29, 0.717) is 12.0 Å². The van der Waals surface area contributed by atoms with Crippen LogP contribution < -0.4 is 10.6 Å². The average molecular weight is 470 g/mol. The summed E-state index contributed by atoms with van der Waals surface area (Å²) in [5.74, 6) is -2.56. The highest BCUT2D eigenvalue weighted by Gasteiger charge is 2.37. The first-order chi connectivity index (χ1) is 16.4. The van der Waals surface area contributed by atoms with Crippen molar-refractivity contribution in [2.75, 3.05) is 26.2 Å². The van der Waals surface area contributed by atoms with Crippen LogP contribution in [0.25, 0.3) is 5.69 Å². The molecule has 3 aliphatic heterocycles. The van der Waals surface area contributed by atoms with Gasteiger partial charge in [-0.2, -0.15) is 0 Å². The molecule has 2 aromatic rings. The van der Waals surface area contributed by atoms with Crippen LogP contribution in [-0.4, -0.2) is 65.6 Å². The van der Waals surface area contributed by atoms with Crippen LogP contribution in [0.5, 0.6) is 0 Å².